The number of esters is 1. The molecule has 0 unspecified atom stereocenters. The Morgan fingerprint density at radius 1 is 0.846 bits per heavy atom. The predicted molar refractivity (Wildman–Crippen MR) is 101 cm³/mol. The number of fused-ring (bicyclic) bond motifs is 5. The lowest BCUT2D eigenvalue weighted by Crippen LogP contribution is -2.54. The Balaban J connectivity index is 1.54. The molecule has 0 N–H and O–H groups in total. The van der Waals surface area contributed by atoms with Crippen LogP contribution in [0.4, 0.5) is 0 Å². The lowest BCUT2D eigenvalue weighted by molar-refractivity contribution is -0.161. The van der Waals surface area contributed by atoms with Crippen molar-refractivity contribution in [1.82, 2.24) is 0 Å². The molecule has 0 aromatic heterocycles. The summed E-state index contributed by atoms with van der Waals surface area (Å²) in [6, 6.07) is 0. The number of ketones is 1. The first-order chi connectivity index (χ1) is 12.3. The highest BCUT2D eigenvalue weighted by atomic mass is 16.5. The van der Waals surface area contributed by atoms with Gasteiger partial charge in [-0.2, -0.15) is 0 Å². The van der Waals surface area contributed by atoms with Crippen molar-refractivity contribution in [2.24, 2.45) is 40.4 Å². The molecule has 146 valence electrons. The zero-order valence-electron chi connectivity index (χ0n) is 17.1. The molecule has 0 heterocycles. The first-order valence-electron chi connectivity index (χ1n) is 10.9. The maximum absolute atomic E-state index is 12.2. The van der Waals surface area contributed by atoms with Crippen molar-refractivity contribution in [2.45, 2.75) is 91.6 Å². The quantitative estimate of drug-likeness (QED) is 0.638. The molecule has 8 atom stereocenters. The highest BCUT2D eigenvalue weighted by molar-refractivity contribution is 5.79. The van der Waals surface area contributed by atoms with Crippen LogP contribution >= 0.6 is 0 Å². The molecule has 0 bridgehead atoms. The summed E-state index contributed by atoms with van der Waals surface area (Å²) in [5.41, 5.74) is 0.667. The van der Waals surface area contributed by atoms with Gasteiger partial charge in [-0.3, -0.25) is 9.59 Å². The second-order valence-electron chi connectivity index (χ2n) is 10.4. The number of hydrogen-bond donors (Lipinski definition) is 0. The van der Waals surface area contributed by atoms with Gasteiger partial charge in [-0.25, -0.2) is 0 Å². The van der Waals surface area contributed by atoms with E-state index in [2.05, 4.69) is 13.8 Å². The minimum atomic E-state index is -0.123. The van der Waals surface area contributed by atoms with Crippen molar-refractivity contribution in [1.29, 1.82) is 0 Å². The minimum absolute atomic E-state index is 0.123. The van der Waals surface area contributed by atoms with E-state index in [0.717, 1.165) is 37.0 Å². The standard InChI is InChI=1S/C23H36O3/c1-14(24)19-7-8-20-18-6-5-16-13-17(26-15(2)25)9-11-22(16,3)21(18)10-12-23(19,20)4/h16-21H,5-13H2,1-4H3/t16-,17-,18+,19-,20+,21+,22+,23-/m1/s1. The molecule has 0 radical (unpaired) electrons. The van der Waals surface area contributed by atoms with Crippen LogP contribution in [-0.2, 0) is 14.3 Å². The van der Waals surface area contributed by atoms with Crippen molar-refractivity contribution < 1.29 is 14.3 Å². The Kier molecular flexibility index (Phi) is 4.51. The van der Waals surface area contributed by atoms with Crippen LogP contribution in [0, 0.1) is 40.4 Å². The number of ether oxygens (including phenoxy) is 1. The van der Waals surface area contributed by atoms with Gasteiger partial charge in [0.2, 0.25) is 0 Å². The Morgan fingerprint density at radius 2 is 1.54 bits per heavy atom. The molecule has 26 heavy (non-hydrogen) atoms. The first kappa shape index (κ1) is 18.5. The van der Waals surface area contributed by atoms with Crippen molar-refractivity contribution in [3.8, 4) is 0 Å². The van der Waals surface area contributed by atoms with E-state index in [1.54, 1.807) is 0 Å². The second-order valence-corrected chi connectivity index (χ2v) is 10.4. The van der Waals surface area contributed by atoms with E-state index < -0.39 is 0 Å². The summed E-state index contributed by atoms with van der Waals surface area (Å²) in [5, 5.41) is 0. The monoisotopic (exact) mass is 360 g/mol. The zero-order chi connectivity index (χ0) is 18.7. The molecule has 4 saturated carbocycles. The molecule has 0 aromatic carbocycles. The van der Waals surface area contributed by atoms with E-state index >= 15 is 0 Å². The van der Waals surface area contributed by atoms with Gasteiger partial charge in [0.25, 0.3) is 0 Å². The number of rotatable bonds is 2. The van der Waals surface area contributed by atoms with Gasteiger partial charge in [0.1, 0.15) is 11.9 Å². The highest BCUT2D eigenvalue weighted by Crippen LogP contribution is 2.67. The minimum Gasteiger partial charge on any atom is -0.463 e. The van der Waals surface area contributed by atoms with Crippen LogP contribution in [0.3, 0.4) is 0 Å². The normalized spacial score (nSPS) is 50.3. The van der Waals surface area contributed by atoms with Crippen molar-refractivity contribution >= 4 is 11.8 Å². The molecule has 0 aromatic rings. The Hall–Kier alpha value is -0.860. The van der Waals surface area contributed by atoms with Gasteiger partial charge in [-0.05, 0) is 99.2 Å². The van der Waals surface area contributed by atoms with Gasteiger partial charge in [0.15, 0.2) is 0 Å². The van der Waals surface area contributed by atoms with E-state index in [0.29, 0.717) is 23.0 Å². The Bertz CT molecular complexity index is 598. The van der Waals surface area contributed by atoms with Crippen LogP contribution in [0.2, 0.25) is 0 Å². The van der Waals surface area contributed by atoms with Gasteiger partial charge in [0, 0.05) is 12.8 Å². The molecule has 4 aliphatic carbocycles. The topological polar surface area (TPSA) is 43.4 Å². The zero-order valence-corrected chi connectivity index (χ0v) is 17.1. The van der Waals surface area contributed by atoms with Gasteiger partial charge in [0.05, 0.1) is 0 Å². The fourth-order valence-electron chi connectivity index (χ4n) is 8.23. The lowest BCUT2D eigenvalue weighted by Gasteiger charge is -2.61. The summed E-state index contributed by atoms with van der Waals surface area (Å²) in [7, 11) is 0. The largest absolute Gasteiger partial charge is 0.463 e. The van der Waals surface area contributed by atoms with Crippen LogP contribution in [-0.4, -0.2) is 17.9 Å². The SMILES string of the molecule is CC(=O)O[C@@H]1CC[C@@]2(C)[C@H](CC[C@@H]3[C@@H]2CC[C@]2(C)[C@@H](C(C)=O)CC[C@@H]32)C1. The Morgan fingerprint density at radius 3 is 2.23 bits per heavy atom. The maximum atomic E-state index is 12.2. The predicted octanol–water partition coefficient (Wildman–Crippen LogP) is 5.17. The van der Waals surface area contributed by atoms with Gasteiger partial charge in [-0.15, -0.1) is 0 Å². The molecular weight excluding hydrogens is 324 g/mol. The fourth-order valence-corrected chi connectivity index (χ4v) is 8.23. The first-order valence-corrected chi connectivity index (χ1v) is 10.9. The highest BCUT2D eigenvalue weighted by Gasteiger charge is 2.60. The summed E-state index contributed by atoms with van der Waals surface area (Å²) in [6.07, 6.45) is 11.0. The lowest BCUT2D eigenvalue weighted by atomic mass is 9.44. The molecule has 4 rings (SSSR count). The molecule has 3 heteroatoms. The molecule has 4 fully saturated rings. The van der Waals surface area contributed by atoms with Crippen LogP contribution in [0.15, 0.2) is 0 Å². The van der Waals surface area contributed by atoms with E-state index in [1.165, 1.54) is 45.4 Å². The smallest absolute Gasteiger partial charge is 0.302 e. The van der Waals surface area contributed by atoms with Gasteiger partial charge < -0.3 is 4.74 Å². The van der Waals surface area contributed by atoms with Crippen molar-refractivity contribution in [3.63, 3.8) is 0 Å². The molecular formula is C23H36O3. The molecule has 0 saturated heterocycles. The number of hydrogen-bond acceptors (Lipinski definition) is 3. The van der Waals surface area contributed by atoms with Crippen molar-refractivity contribution in [2.75, 3.05) is 0 Å². The van der Waals surface area contributed by atoms with Gasteiger partial charge in [-0.1, -0.05) is 13.8 Å². The summed E-state index contributed by atoms with van der Waals surface area (Å²) in [4.78, 5) is 23.6. The van der Waals surface area contributed by atoms with Crippen LogP contribution < -0.4 is 0 Å². The number of Topliss-reactive ketones (excluding diaryl/α,β-unsaturated/α-hetero) is 1. The summed E-state index contributed by atoms with van der Waals surface area (Å²) < 4.78 is 5.57. The summed E-state index contributed by atoms with van der Waals surface area (Å²) in [5.74, 6) is 3.68. The third kappa shape index (κ3) is 2.67. The van der Waals surface area contributed by atoms with Gasteiger partial charge >= 0.3 is 5.97 Å². The third-order valence-corrected chi connectivity index (χ3v) is 9.44. The fraction of sp³-hybridized carbons (Fsp3) is 0.913. The molecule has 0 amide bonds. The Labute approximate surface area is 158 Å². The van der Waals surface area contributed by atoms with Crippen LogP contribution in [0.1, 0.15) is 85.5 Å². The summed E-state index contributed by atoms with van der Waals surface area (Å²) >= 11 is 0. The third-order valence-electron chi connectivity index (χ3n) is 9.44. The van der Waals surface area contributed by atoms with E-state index in [-0.39, 0.29) is 17.5 Å². The second kappa shape index (κ2) is 6.34. The molecule has 4 aliphatic rings. The van der Waals surface area contributed by atoms with E-state index in [1.807, 2.05) is 6.92 Å². The van der Waals surface area contributed by atoms with Crippen molar-refractivity contribution in [3.05, 3.63) is 0 Å². The average Bonchev–Trinajstić information content (AvgIpc) is 2.92. The maximum Gasteiger partial charge on any atom is 0.302 e. The van der Waals surface area contributed by atoms with E-state index in [4.69, 9.17) is 4.74 Å². The average molecular weight is 361 g/mol. The molecule has 0 spiro atoms. The van der Waals surface area contributed by atoms with Crippen LogP contribution in [0.5, 0.6) is 0 Å². The molecule has 3 nitrogen and oxygen atoms in total. The molecule has 0 aliphatic heterocycles. The number of carbonyl (C=O) groups excluding carboxylic acids is 2. The summed E-state index contributed by atoms with van der Waals surface area (Å²) in [6.45, 7) is 8.33. The number of carbonyl (C=O) groups is 2. The van der Waals surface area contributed by atoms with E-state index in [9.17, 15) is 9.59 Å². The van der Waals surface area contributed by atoms with Crippen LogP contribution in [0.25, 0.3) is 0 Å².